The maximum Gasteiger partial charge on any atom is 0.269 e. The Kier molecular flexibility index (Phi) is 3.03. The van der Waals surface area contributed by atoms with Gasteiger partial charge in [-0.05, 0) is 13.0 Å². The fourth-order valence-corrected chi connectivity index (χ4v) is 2.80. The van der Waals surface area contributed by atoms with Crippen LogP contribution in [-0.4, -0.2) is 31.1 Å². The topological polar surface area (TPSA) is 104 Å². The molecule has 1 unspecified atom stereocenters. The van der Waals surface area contributed by atoms with E-state index in [0.717, 1.165) is 10.7 Å². The van der Waals surface area contributed by atoms with E-state index in [2.05, 4.69) is 10.1 Å². The summed E-state index contributed by atoms with van der Waals surface area (Å²) in [6.07, 6.45) is 4.29. The first kappa shape index (κ1) is 12.8. The Morgan fingerprint density at radius 3 is 2.95 bits per heavy atom. The normalized spacial score (nSPS) is 12.9. The summed E-state index contributed by atoms with van der Waals surface area (Å²) in [5.74, 6) is 0.125. The number of thiazole rings is 1. The molecule has 0 fully saturated rings. The maximum atomic E-state index is 11.1. The molecule has 8 heteroatoms. The lowest BCUT2D eigenvalue weighted by Gasteiger charge is -2.06. The van der Waals surface area contributed by atoms with Crippen LogP contribution in [0.25, 0.3) is 10.8 Å². The van der Waals surface area contributed by atoms with Gasteiger partial charge in [0, 0.05) is 30.2 Å². The minimum Gasteiger partial charge on any atom is -0.364 e. The number of aromatic nitrogens is 4. The Hall–Kier alpha value is -2.19. The van der Waals surface area contributed by atoms with Gasteiger partial charge in [-0.1, -0.05) is 0 Å². The lowest BCUT2D eigenvalue weighted by molar-refractivity contribution is 0.0995. The van der Waals surface area contributed by atoms with Crippen molar-refractivity contribution in [1.29, 1.82) is 0 Å². The van der Waals surface area contributed by atoms with Gasteiger partial charge < -0.3 is 11.5 Å². The van der Waals surface area contributed by atoms with E-state index in [9.17, 15) is 4.79 Å². The van der Waals surface area contributed by atoms with Crippen LogP contribution in [-0.2, 0) is 6.42 Å². The van der Waals surface area contributed by atoms with Crippen molar-refractivity contribution in [3.8, 4) is 5.82 Å². The number of primary amides is 1. The highest BCUT2D eigenvalue weighted by Crippen LogP contribution is 2.21. The van der Waals surface area contributed by atoms with Gasteiger partial charge in [-0.3, -0.25) is 9.20 Å². The van der Waals surface area contributed by atoms with E-state index >= 15 is 0 Å². The molecular formula is C12H14N6OS. The molecule has 0 saturated carbocycles. The van der Waals surface area contributed by atoms with Crippen LogP contribution >= 0.6 is 11.3 Å². The van der Waals surface area contributed by atoms with Gasteiger partial charge in [0.05, 0.1) is 5.69 Å². The highest BCUT2D eigenvalue weighted by atomic mass is 32.1. The van der Waals surface area contributed by atoms with E-state index in [0.29, 0.717) is 12.2 Å². The second-order valence-electron chi connectivity index (χ2n) is 4.63. The highest BCUT2D eigenvalue weighted by Gasteiger charge is 2.17. The molecule has 1 amide bonds. The molecule has 0 radical (unpaired) electrons. The van der Waals surface area contributed by atoms with Crippen molar-refractivity contribution in [3.05, 3.63) is 35.2 Å². The highest BCUT2D eigenvalue weighted by molar-refractivity contribution is 7.15. The first-order chi connectivity index (χ1) is 9.56. The first-order valence-electron chi connectivity index (χ1n) is 6.12. The van der Waals surface area contributed by atoms with Crippen molar-refractivity contribution >= 4 is 22.2 Å². The molecule has 1 atom stereocenters. The summed E-state index contributed by atoms with van der Waals surface area (Å²) in [7, 11) is 0. The zero-order chi connectivity index (χ0) is 14.3. The molecule has 3 rings (SSSR count). The summed E-state index contributed by atoms with van der Waals surface area (Å²) in [5, 5.41) is 6.12. The van der Waals surface area contributed by atoms with E-state index < -0.39 is 5.91 Å². The zero-order valence-electron chi connectivity index (χ0n) is 10.9. The number of imidazole rings is 1. The summed E-state index contributed by atoms with van der Waals surface area (Å²) >= 11 is 1.54. The van der Waals surface area contributed by atoms with Gasteiger partial charge in [-0.25, -0.2) is 4.68 Å². The molecule has 0 aliphatic carbocycles. The van der Waals surface area contributed by atoms with Crippen LogP contribution in [0.3, 0.4) is 0 Å². The number of rotatable bonds is 4. The summed E-state index contributed by atoms with van der Waals surface area (Å²) in [6, 6.07) is 1.57. The Morgan fingerprint density at radius 2 is 2.30 bits per heavy atom. The molecular weight excluding hydrogens is 276 g/mol. The average Bonchev–Trinajstić information content (AvgIpc) is 3.04. The van der Waals surface area contributed by atoms with Gasteiger partial charge in [-0.2, -0.15) is 10.1 Å². The Balaban J connectivity index is 2.13. The van der Waals surface area contributed by atoms with E-state index in [-0.39, 0.29) is 11.7 Å². The van der Waals surface area contributed by atoms with Crippen LogP contribution in [0.15, 0.2) is 23.8 Å². The van der Waals surface area contributed by atoms with Crippen LogP contribution in [0.1, 0.15) is 23.1 Å². The second-order valence-corrected chi connectivity index (χ2v) is 5.50. The van der Waals surface area contributed by atoms with Gasteiger partial charge >= 0.3 is 0 Å². The van der Waals surface area contributed by atoms with Crippen LogP contribution in [0.2, 0.25) is 0 Å². The molecule has 3 aromatic heterocycles. The zero-order valence-corrected chi connectivity index (χ0v) is 11.7. The van der Waals surface area contributed by atoms with Crippen molar-refractivity contribution in [2.45, 2.75) is 19.4 Å². The quantitative estimate of drug-likeness (QED) is 0.733. The number of carbonyl (C=O) groups is 1. The smallest absolute Gasteiger partial charge is 0.269 e. The predicted octanol–water partition coefficient (Wildman–Crippen LogP) is 0.570. The number of carbonyl (C=O) groups excluding carboxylic acids is 1. The number of nitrogens with zero attached hydrogens (tertiary/aromatic N) is 4. The average molecular weight is 290 g/mol. The van der Waals surface area contributed by atoms with Crippen molar-refractivity contribution in [2.75, 3.05) is 0 Å². The standard InChI is InChI=1S/C12H14N6OS/c1-7(13)6-9-11(15-12-17(9)4-5-20-12)18-3-2-8(16-18)10(14)19/h2-5,7H,6,13H2,1H3,(H2,14,19). The lowest BCUT2D eigenvalue weighted by atomic mass is 10.2. The van der Waals surface area contributed by atoms with E-state index in [1.54, 1.807) is 16.9 Å². The van der Waals surface area contributed by atoms with Crippen molar-refractivity contribution in [2.24, 2.45) is 11.5 Å². The SMILES string of the molecule is CC(N)Cc1c(-n2ccc(C(N)=O)n2)nc2sccn12. The molecule has 7 nitrogen and oxygen atoms in total. The first-order valence-corrected chi connectivity index (χ1v) is 7.00. The molecule has 104 valence electrons. The van der Waals surface area contributed by atoms with Crippen molar-refractivity contribution in [1.82, 2.24) is 19.2 Å². The summed E-state index contributed by atoms with van der Waals surface area (Å²) in [6.45, 7) is 1.94. The van der Waals surface area contributed by atoms with Crippen LogP contribution in [0.4, 0.5) is 0 Å². The van der Waals surface area contributed by atoms with Gasteiger partial charge in [-0.15, -0.1) is 11.3 Å². The van der Waals surface area contributed by atoms with Gasteiger partial charge in [0.25, 0.3) is 5.91 Å². The number of hydrogen-bond donors (Lipinski definition) is 2. The van der Waals surface area contributed by atoms with Gasteiger partial charge in [0.15, 0.2) is 10.8 Å². The summed E-state index contributed by atoms with van der Waals surface area (Å²) in [5.41, 5.74) is 12.3. The van der Waals surface area contributed by atoms with E-state index in [4.69, 9.17) is 11.5 Å². The molecule has 0 aromatic carbocycles. The van der Waals surface area contributed by atoms with Gasteiger partial charge in [0.1, 0.15) is 5.69 Å². The fourth-order valence-electron chi connectivity index (χ4n) is 2.07. The van der Waals surface area contributed by atoms with Crippen molar-refractivity contribution < 1.29 is 4.79 Å². The number of hydrogen-bond acceptors (Lipinski definition) is 5. The minimum absolute atomic E-state index is 0.000256. The van der Waals surface area contributed by atoms with E-state index in [1.165, 1.54) is 11.3 Å². The second kappa shape index (κ2) is 4.73. The number of nitrogens with two attached hydrogens (primary N) is 2. The Morgan fingerprint density at radius 1 is 1.50 bits per heavy atom. The Labute approximate surface area is 118 Å². The molecule has 0 spiro atoms. The monoisotopic (exact) mass is 290 g/mol. The maximum absolute atomic E-state index is 11.1. The lowest BCUT2D eigenvalue weighted by Crippen LogP contribution is -2.20. The molecule has 0 aliphatic heterocycles. The largest absolute Gasteiger partial charge is 0.364 e. The molecule has 0 aliphatic rings. The molecule has 0 saturated heterocycles. The fraction of sp³-hybridized carbons (Fsp3) is 0.250. The van der Waals surface area contributed by atoms with Crippen LogP contribution < -0.4 is 11.5 Å². The molecule has 4 N–H and O–H groups in total. The van der Waals surface area contributed by atoms with Crippen molar-refractivity contribution in [3.63, 3.8) is 0 Å². The number of amides is 1. The number of fused-ring (bicyclic) bond motifs is 1. The summed E-state index contributed by atoms with van der Waals surface area (Å²) in [4.78, 5) is 16.5. The predicted molar refractivity (Wildman–Crippen MR) is 76.1 cm³/mol. The van der Waals surface area contributed by atoms with E-state index in [1.807, 2.05) is 22.9 Å². The molecule has 3 aromatic rings. The van der Waals surface area contributed by atoms with Crippen LogP contribution in [0.5, 0.6) is 0 Å². The minimum atomic E-state index is -0.557. The summed E-state index contributed by atoms with van der Waals surface area (Å²) < 4.78 is 3.56. The molecule has 3 heterocycles. The van der Waals surface area contributed by atoms with Crippen LogP contribution in [0, 0.1) is 0 Å². The Bertz CT molecular complexity index is 768. The van der Waals surface area contributed by atoms with Gasteiger partial charge in [0.2, 0.25) is 0 Å². The third-order valence-corrected chi connectivity index (χ3v) is 3.67. The molecule has 20 heavy (non-hydrogen) atoms. The third kappa shape index (κ3) is 2.08. The molecule has 0 bridgehead atoms. The third-order valence-electron chi connectivity index (χ3n) is 2.91.